The fourth-order valence-electron chi connectivity index (χ4n) is 3.05. The molecule has 2 aromatic rings. The molecule has 0 aliphatic carbocycles. The molecule has 8 heteroatoms. The molecule has 2 N–H and O–H groups in total. The van der Waals surface area contributed by atoms with Gasteiger partial charge >= 0.3 is 0 Å². The summed E-state index contributed by atoms with van der Waals surface area (Å²) in [4.78, 5) is 4.44. The molecule has 1 aromatic heterocycles. The van der Waals surface area contributed by atoms with Gasteiger partial charge in [-0.05, 0) is 30.4 Å². The Morgan fingerprint density at radius 1 is 1.20 bits per heavy atom. The second-order valence-electron chi connectivity index (χ2n) is 6.19. The second kappa shape index (κ2) is 7.35. The topological polar surface area (TPSA) is 96.9 Å². The lowest BCUT2D eigenvalue weighted by atomic mass is 10.0. The van der Waals surface area contributed by atoms with E-state index >= 15 is 0 Å². The van der Waals surface area contributed by atoms with Crippen molar-refractivity contribution in [2.45, 2.75) is 39.2 Å². The third kappa shape index (κ3) is 4.25. The lowest BCUT2D eigenvalue weighted by Crippen LogP contribution is -2.22. The van der Waals surface area contributed by atoms with Crippen molar-refractivity contribution in [2.75, 3.05) is 22.1 Å². The molecule has 1 aliphatic heterocycles. The summed E-state index contributed by atoms with van der Waals surface area (Å²) >= 11 is 0. The Kier molecular flexibility index (Phi) is 5.17. The number of aryl methyl sites for hydroxylation is 2. The highest BCUT2D eigenvalue weighted by Crippen LogP contribution is 2.26. The fourth-order valence-corrected chi connectivity index (χ4v) is 4.72. The molecule has 0 bridgehead atoms. The first-order valence-corrected chi connectivity index (χ1v) is 10.4. The zero-order valence-electron chi connectivity index (χ0n) is 14.5. The quantitative estimate of drug-likeness (QED) is 0.815. The molecular formula is C17H23N5O2S. The molecule has 3 rings (SSSR count). The largest absolute Gasteiger partial charge is 0.349 e. The predicted molar refractivity (Wildman–Crippen MR) is 99.0 cm³/mol. The maximum Gasteiger partial charge on any atom is 0.244 e. The van der Waals surface area contributed by atoms with E-state index in [9.17, 15) is 8.42 Å². The van der Waals surface area contributed by atoms with E-state index < -0.39 is 9.84 Å². The average Bonchev–Trinajstić information content (AvgIpc) is 2.94. The minimum absolute atomic E-state index is 0.118. The molecule has 1 atom stereocenters. The minimum atomic E-state index is -2.95. The van der Waals surface area contributed by atoms with Crippen LogP contribution in [0.1, 0.15) is 31.4 Å². The van der Waals surface area contributed by atoms with Crippen LogP contribution >= 0.6 is 0 Å². The van der Waals surface area contributed by atoms with Crippen LogP contribution < -0.4 is 10.6 Å². The number of nitrogens with zero attached hydrogens (tertiary/aromatic N) is 3. The second-order valence-corrected chi connectivity index (χ2v) is 8.42. The number of hydrogen-bond donors (Lipinski definition) is 2. The van der Waals surface area contributed by atoms with Crippen molar-refractivity contribution in [3.05, 3.63) is 35.5 Å². The van der Waals surface area contributed by atoms with Crippen LogP contribution in [0.2, 0.25) is 0 Å². The average molecular weight is 361 g/mol. The number of hydrogen-bond acceptors (Lipinski definition) is 7. The van der Waals surface area contributed by atoms with Crippen LogP contribution in [-0.4, -0.2) is 41.1 Å². The zero-order valence-corrected chi connectivity index (χ0v) is 15.3. The van der Waals surface area contributed by atoms with Gasteiger partial charge < -0.3 is 10.6 Å². The Morgan fingerprint density at radius 2 is 1.92 bits per heavy atom. The SMILES string of the molecule is CCc1cccc(CC)c1Nc1cnnc(NC2CCS(=O)(=O)C2)n1. The van der Waals surface area contributed by atoms with E-state index in [4.69, 9.17) is 0 Å². The molecule has 0 radical (unpaired) electrons. The standard InChI is InChI=1S/C17H23N5O2S/c1-3-12-6-5-7-13(4-2)16(12)20-15-10-18-22-17(21-15)19-14-8-9-25(23,24)11-14/h5-7,10,14H,3-4,8-9,11H2,1-2H3,(H2,19,20,21,22). The molecule has 0 amide bonds. The lowest BCUT2D eigenvalue weighted by molar-refractivity contribution is 0.602. The number of rotatable bonds is 6. The molecule has 1 fully saturated rings. The van der Waals surface area contributed by atoms with Crippen molar-refractivity contribution in [3.8, 4) is 0 Å². The van der Waals surface area contributed by atoms with Crippen molar-refractivity contribution >= 4 is 27.3 Å². The fraction of sp³-hybridized carbons (Fsp3) is 0.471. The van der Waals surface area contributed by atoms with Gasteiger partial charge in [0, 0.05) is 11.7 Å². The van der Waals surface area contributed by atoms with Crippen LogP contribution in [0.4, 0.5) is 17.5 Å². The van der Waals surface area contributed by atoms with Crippen LogP contribution in [0.5, 0.6) is 0 Å². The molecule has 1 aliphatic rings. The summed E-state index contributed by atoms with van der Waals surface area (Å²) < 4.78 is 23.1. The first-order chi connectivity index (χ1) is 12.0. The molecule has 134 valence electrons. The van der Waals surface area contributed by atoms with Crippen LogP contribution in [0.3, 0.4) is 0 Å². The van der Waals surface area contributed by atoms with E-state index in [0.717, 1.165) is 18.5 Å². The predicted octanol–water partition coefficient (Wildman–Crippen LogP) is 2.34. The Bertz CT molecular complexity index is 832. The number of aromatic nitrogens is 3. The first-order valence-electron chi connectivity index (χ1n) is 8.55. The highest BCUT2D eigenvalue weighted by molar-refractivity contribution is 7.91. The van der Waals surface area contributed by atoms with Crippen LogP contribution in [0, 0.1) is 0 Å². The summed E-state index contributed by atoms with van der Waals surface area (Å²) in [6.45, 7) is 4.23. The van der Waals surface area contributed by atoms with Crippen LogP contribution in [0.15, 0.2) is 24.4 Å². The van der Waals surface area contributed by atoms with E-state index in [1.807, 2.05) is 0 Å². The number of sulfone groups is 1. The maximum atomic E-state index is 11.6. The van der Waals surface area contributed by atoms with E-state index in [0.29, 0.717) is 18.2 Å². The third-order valence-corrected chi connectivity index (χ3v) is 6.14. The third-order valence-electron chi connectivity index (χ3n) is 4.38. The first kappa shape index (κ1) is 17.6. The summed E-state index contributed by atoms with van der Waals surface area (Å²) in [5.41, 5.74) is 3.49. The Morgan fingerprint density at radius 3 is 2.52 bits per heavy atom. The molecule has 1 saturated heterocycles. The van der Waals surface area contributed by atoms with E-state index in [2.05, 4.69) is 57.9 Å². The van der Waals surface area contributed by atoms with Crippen molar-refractivity contribution in [2.24, 2.45) is 0 Å². The lowest BCUT2D eigenvalue weighted by Gasteiger charge is -2.15. The molecule has 2 heterocycles. The van der Waals surface area contributed by atoms with Gasteiger partial charge in [-0.2, -0.15) is 10.1 Å². The summed E-state index contributed by atoms with van der Waals surface area (Å²) in [5, 5.41) is 14.4. The molecular weight excluding hydrogens is 338 g/mol. The molecule has 0 spiro atoms. The maximum absolute atomic E-state index is 11.6. The van der Waals surface area contributed by atoms with Gasteiger partial charge in [-0.1, -0.05) is 32.0 Å². The molecule has 25 heavy (non-hydrogen) atoms. The van der Waals surface area contributed by atoms with Crippen LogP contribution in [0.25, 0.3) is 0 Å². The molecule has 7 nitrogen and oxygen atoms in total. The highest BCUT2D eigenvalue weighted by atomic mass is 32.2. The van der Waals surface area contributed by atoms with Crippen molar-refractivity contribution in [3.63, 3.8) is 0 Å². The van der Waals surface area contributed by atoms with Crippen molar-refractivity contribution < 1.29 is 8.42 Å². The summed E-state index contributed by atoms with van der Waals surface area (Å²) in [6, 6.07) is 6.10. The monoisotopic (exact) mass is 361 g/mol. The van der Waals surface area contributed by atoms with E-state index in [-0.39, 0.29) is 17.5 Å². The van der Waals surface area contributed by atoms with Gasteiger partial charge in [-0.15, -0.1) is 5.10 Å². The van der Waals surface area contributed by atoms with Crippen molar-refractivity contribution in [1.82, 2.24) is 15.2 Å². The molecule has 1 unspecified atom stereocenters. The van der Waals surface area contributed by atoms with Crippen molar-refractivity contribution in [1.29, 1.82) is 0 Å². The Balaban J connectivity index is 1.79. The van der Waals surface area contributed by atoms with Gasteiger partial charge in [0.2, 0.25) is 5.95 Å². The van der Waals surface area contributed by atoms with Gasteiger partial charge in [0.25, 0.3) is 0 Å². The van der Waals surface area contributed by atoms with Gasteiger partial charge in [0.05, 0.1) is 17.7 Å². The Labute approximate surface area is 148 Å². The molecule has 0 saturated carbocycles. The summed E-state index contributed by atoms with van der Waals surface area (Å²) in [5.74, 6) is 1.26. The van der Waals surface area contributed by atoms with Gasteiger partial charge in [0.15, 0.2) is 15.7 Å². The van der Waals surface area contributed by atoms with Gasteiger partial charge in [-0.25, -0.2) is 8.42 Å². The summed E-state index contributed by atoms with van der Waals surface area (Å²) in [7, 11) is -2.95. The number of para-hydroxylation sites is 1. The van der Waals surface area contributed by atoms with E-state index in [1.54, 1.807) is 6.20 Å². The van der Waals surface area contributed by atoms with Gasteiger partial charge in [-0.3, -0.25) is 0 Å². The number of nitrogens with one attached hydrogen (secondary N) is 2. The van der Waals surface area contributed by atoms with E-state index in [1.165, 1.54) is 11.1 Å². The van der Waals surface area contributed by atoms with Gasteiger partial charge in [0.1, 0.15) is 0 Å². The Hall–Kier alpha value is -2.22. The number of anilines is 3. The zero-order chi connectivity index (χ0) is 17.9. The minimum Gasteiger partial charge on any atom is -0.349 e. The smallest absolute Gasteiger partial charge is 0.244 e. The highest BCUT2D eigenvalue weighted by Gasteiger charge is 2.28. The van der Waals surface area contributed by atoms with Crippen LogP contribution in [-0.2, 0) is 22.7 Å². The normalized spacial score (nSPS) is 18.9. The number of benzene rings is 1. The summed E-state index contributed by atoms with van der Waals surface area (Å²) in [6.07, 6.45) is 3.98. The molecule has 1 aromatic carbocycles.